The second-order valence-electron chi connectivity index (χ2n) is 5.81. The van der Waals surface area contributed by atoms with Gasteiger partial charge in [-0.15, -0.1) is 0 Å². The molecule has 1 fully saturated rings. The van der Waals surface area contributed by atoms with Gasteiger partial charge in [0.05, 0.1) is 17.0 Å². The number of sulfonamides is 1. The Morgan fingerprint density at radius 2 is 2.04 bits per heavy atom. The summed E-state index contributed by atoms with van der Waals surface area (Å²) in [6.07, 6.45) is -0.403. The highest BCUT2D eigenvalue weighted by atomic mass is 79.9. The fourth-order valence-electron chi connectivity index (χ4n) is 2.60. The first-order valence-electron chi connectivity index (χ1n) is 7.89. The monoisotopic (exact) mass is 453 g/mol. The topological polar surface area (TPSA) is 119 Å². The minimum absolute atomic E-state index is 0.148. The van der Waals surface area contributed by atoms with Crippen molar-refractivity contribution in [1.29, 1.82) is 0 Å². The number of cyclic esters (lactones) is 1. The van der Waals surface area contributed by atoms with Gasteiger partial charge in [0.1, 0.15) is 6.61 Å². The molecule has 0 atom stereocenters. The molecule has 0 radical (unpaired) electrons. The molecule has 2 aromatic carbocycles. The molecular weight excluding hydrogens is 438 g/mol. The Morgan fingerprint density at radius 3 is 2.70 bits per heavy atom. The first-order chi connectivity index (χ1) is 12.8. The quantitative estimate of drug-likeness (QED) is 0.716. The molecule has 1 aliphatic rings. The lowest BCUT2D eigenvalue weighted by atomic mass is 10.1. The van der Waals surface area contributed by atoms with Crippen LogP contribution < -0.4 is 15.4 Å². The van der Waals surface area contributed by atoms with Crippen LogP contribution in [0.3, 0.4) is 0 Å². The van der Waals surface area contributed by atoms with Crippen LogP contribution in [-0.4, -0.2) is 33.6 Å². The van der Waals surface area contributed by atoms with E-state index in [0.717, 1.165) is 5.56 Å². The highest BCUT2D eigenvalue weighted by Gasteiger charge is 2.23. The van der Waals surface area contributed by atoms with Gasteiger partial charge in [0.15, 0.2) is 0 Å². The molecule has 0 saturated carbocycles. The number of carbonyl (C=O) groups excluding carboxylic acids is 2. The Hall–Kier alpha value is -2.43. The lowest BCUT2D eigenvalue weighted by Crippen LogP contribution is -2.25. The molecule has 0 bridgehead atoms. The van der Waals surface area contributed by atoms with Crippen LogP contribution in [0.1, 0.15) is 15.9 Å². The van der Waals surface area contributed by atoms with E-state index >= 15 is 0 Å². The fraction of sp³-hybridized carbons (Fsp3) is 0.176. The van der Waals surface area contributed by atoms with E-state index in [1.165, 1.54) is 23.1 Å². The van der Waals surface area contributed by atoms with Crippen LogP contribution in [0.2, 0.25) is 0 Å². The standard InChI is InChI=1S/C17H16BrN3O5S/c18-15-5-4-13(27(19,24)25)9-14(15)16(22)20-10-11-2-1-3-12(8-11)21-6-7-26-17(21)23/h1-5,8-9H,6-7,10H2,(H,20,22)(H2,19,24,25). The first-order valence-corrected chi connectivity index (χ1v) is 10.2. The Labute approximate surface area is 164 Å². The molecule has 142 valence electrons. The van der Waals surface area contributed by atoms with Crippen LogP contribution in [-0.2, 0) is 21.3 Å². The number of nitrogens with two attached hydrogens (primary N) is 1. The number of amides is 2. The second-order valence-corrected chi connectivity index (χ2v) is 8.22. The molecule has 0 spiro atoms. The van der Waals surface area contributed by atoms with Crippen LogP contribution in [0.4, 0.5) is 10.5 Å². The van der Waals surface area contributed by atoms with E-state index in [2.05, 4.69) is 21.2 Å². The highest BCUT2D eigenvalue weighted by molar-refractivity contribution is 9.10. The number of nitrogens with one attached hydrogen (secondary N) is 1. The summed E-state index contributed by atoms with van der Waals surface area (Å²) in [5, 5.41) is 7.84. The van der Waals surface area contributed by atoms with E-state index < -0.39 is 22.0 Å². The predicted molar refractivity (Wildman–Crippen MR) is 102 cm³/mol. The molecule has 0 unspecified atom stereocenters. The maximum absolute atomic E-state index is 12.4. The summed E-state index contributed by atoms with van der Waals surface area (Å²) in [7, 11) is -3.91. The van der Waals surface area contributed by atoms with Gasteiger partial charge in [-0.25, -0.2) is 18.4 Å². The van der Waals surface area contributed by atoms with Crippen molar-refractivity contribution in [3.63, 3.8) is 0 Å². The molecule has 1 heterocycles. The van der Waals surface area contributed by atoms with Crippen molar-refractivity contribution in [2.45, 2.75) is 11.4 Å². The van der Waals surface area contributed by atoms with Gasteiger partial charge in [-0.05, 0) is 51.8 Å². The van der Waals surface area contributed by atoms with Crippen molar-refractivity contribution < 1.29 is 22.7 Å². The number of anilines is 1. The number of ether oxygens (including phenoxy) is 1. The fourth-order valence-corrected chi connectivity index (χ4v) is 3.56. The number of rotatable bonds is 5. The van der Waals surface area contributed by atoms with Crippen LogP contribution in [0.5, 0.6) is 0 Å². The summed E-state index contributed by atoms with van der Waals surface area (Å²) in [4.78, 5) is 25.5. The third-order valence-corrected chi connectivity index (χ3v) is 5.55. The summed E-state index contributed by atoms with van der Waals surface area (Å²) in [5.41, 5.74) is 1.61. The van der Waals surface area contributed by atoms with Gasteiger partial charge in [0.25, 0.3) is 5.91 Å². The van der Waals surface area contributed by atoms with E-state index in [1.54, 1.807) is 24.3 Å². The van der Waals surface area contributed by atoms with Gasteiger partial charge in [-0.1, -0.05) is 12.1 Å². The molecule has 0 aromatic heterocycles. The molecule has 8 nitrogen and oxygen atoms in total. The minimum atomic E-state index is -3.91. The van der Waals surface area contributed by atoms with E-state index in [-0.39, 0.29) is 17.0 Å². The summed E-state index contributed by atoms with van der Waals surface area (Å²) < 4.78 is 28.3. The van der Waals surface area contributed by atoms with Gasteiger partial charge in [0.2, 0.25) is 10.0 Å². The van der Waals surface area contributed by atoms with Crippen molar-refractivity contribution in [1.82, 2.24) is 5.32 Å². The van der Waals surface area contributed by atoms with Gasteiger partial charge >= 0.3 is 6.09 Å². The summed E-state index contributed by atoms with van der Waals surface area (Å²) in [5.74, 6) is -0.460. The molecule has 10 heteroatoms. The molecule has 0 aliphatic carbocycles. The lowest BCUT2D eigenvalue weighted by Gasteiger charge is -2.14. The van der Waals surface area contributed by atoms with Crippen molar-refractivity contribution in [3.8, 4) is 0 Å². The Bertz CT molecular complexity index is 1010. The average molecular weight is 454 g/mol. The molecule has 27 heavy (non-hydrogen) atoms. The molecule has 3 N–H and O–H groups in total. The van der Waals surface area contributed by atoms with Crippen molar-refractivity contribution >= 4 is 43.6 Å². The molecule has 1 aliphatic heterocycles. The smallest absolute Gasteiger partial charge is 0.414 e. The Morgan fingerprint density at radius 1 is 1.26 bits per heavy atom. The number of hydrogen-bond donors (Lipinski definition) is 2. The summed E-state index contributed by atoms with van der Waals surface area (Å²) in [6, 6.07) is 11.1. The maximum atomic E-state index is 12.4. The number of carbonyl (C=O) groups is 2. The van der Waals surface area contributed by atoms with Crippen LogP contribution in [0.15, 0.2) is 51.8 Å². The van der Waals surface area contributed by atoms with Crippen molar-refractivity contribution in [2.75, 3.05) is 18.1 Å². The average Bonchev–Trinajstić information content (AvgIpc) is 3.05. The van der Waals surface area contributed by atoms with Gasteiger partial charge in [0, 0.05) is 16.7 Å². The normalized spacial score (nSPS) is 14.1. The Balaban J connectivity index is 1.74. The molecule has 3 rings (SSSR count). The SMILES string of the molecule is NS(=O)(=O)c1ccc(Br)c(C(=O)NCc2cccc(N3CCOC3=O)c2)c1. The lowest BCUT2D eigenvalue weighted by molar-refractivity contribution is 0.0950. The predicted octanol–water partition coefficient (Wildman–Crippen LogP) is 1.98. The minimum Gasteiger partial charge on any atom is -0.447 e. The summed E-state index contributed by atoms with van der Waals surface area (Å²) in [6.45, 7) is 1.01. The first kappa shape index (κ1) is 19.3. The molecular formula is C17H16BrN3O5S. The van der Waals surface area contributed by atoms with E-state index in [1.807, 2.05) is 0 Å². The molecule has 2 aromatic rings. The zero-order valence-corrected chi connectivity index (χ0v) is 16.4. The third kappa shape index (κ3) is 4.46. The molecule has 2 amide bonds. The van der Waals surface area contributed by atoms with E-state index in [4.69, 9.17) is 9.88 Å². The second kappa shape index (κ2) is 7.67. The zero-order chi connectivity index (χ0) is 19.6. The third-order valence-electron chi connectivity index (χ3n) is 3.95. The highest BCUT2D eigenvalue weighted by Crippen LogP contribution is 2.22. The molecule has 1 saturated heterocycles. The number of primary sulfonamides is 1. The zero-order valence-electron chi connectivity index (χ0n) is 14.0. The number of hydrogen-bond acceptors (Lipinski definition) is 5. The van der Waals surface area contributed by atoms with Gasteiger partial charge in [-0.2, -0.15) is 0 Å². The van der Waals surface area contributed by atoms with Crippen LogP contribution in [0, 0.1) is 0 Å². The van der Waals surface area contributed by atoms with Gasteiger partial charge in [-0.3, -0.25) is 9.69 Å². The number of halogens is 1. The van der Waals surface area contributed by atoms with Crippen LogP contribution in [0.25, 0.3) is 0 Å². The summed E-state index contributed by atoms with van der Waals surface area (Å²) >= 11 is 3.23. The van der Waals surface area contributed by atoms with Gasteiger partial charge < -0.3 is 10.1 Å². The maximum Gasteiger partial charge on any atom is 0.414 e. The van der Waals surface area contributed by atoms with E-state index in [0.29, 0.717) is 23.3 Å². The van der Waals surface area contributed by atoms with Crippen molar-refractivity contribution in [3.05, 3.63) is 58.1 Å². The Kier molecular flexibility index (Phi) is 5.49. The van der Waals surface area contributed by atoms with Crippen LogP contribution >= 0.6 is 15.9 Å². The van der Waals surface area contributed by atoms with Crippen molar-refractivity contribution in [2.24, 2.45) is 5.14 Å². The number of nitrogens with zero attached hydrogens (tertiary/aromatic N) is 1. The van der Waals surface area contributed by atoms with E-state index in [9.17, 15) is 18.0 Å². The number of benzene rings is 2. The largest absolute Gasteiger partial charge is 0.447 e.